The summed E-state index contributed by atoms with van der Waals surface area (Å²) < 4.78 is 36.5. The maximum absolute atomic E-state index is 13.0. The molecule has 2 aliphatic heterocycles. The fraction of sp³-hybridized carbons (Fsp3) is 0.429. The number of amides is 1. The van der Waals surface area contributed by atoms with Crippen molar-refractivity contribution in [1.29, 1.82) is 0 Å². The summed E-state index contributed by atoms with van der Waals surface area (Å²) in [6.07, 6.45) is 1.05. The average Bonchev–Trinajstić information content (AvgIpc) is 2.70. The Kier molecular flexibility index (Phi) is 6.14. The minimum atomic E-state index is -4.03. The number of fused-ring (bicyclic) bond motifs is 1. The fourth-order valence-electron chi connectivity index (χ4n) is 3.27. The number of carboxylic acids is 1. The molecule has 0 saturated carbocycles. The molecule has 0 radical (unpaired) electrons. The molecule has 1 unspecified atom stereocenters. The average molecular weight is 465 g/mol. The van der Waals surface area contributed by atoms with Crippen LogP contribution in [0.2, 0.25) is 0 Å². The van der Waals surface area contributed by atoms with Gasteiger partial charge in [0.2, 0.25) is 5.91 Å². The van der Waals surface area contributed by atoms with Crippen LogP contribution >= 0.6 is 0 Å². The van der Waals surface area contributed by atoms with Crippen molar-refractivity contribution >= 4 is 33.5 Å². The standard InChI is InChI=1S/C21H23NO9S/c1-21(2,3)18(24)17-14(11-22-15(23)10-16(22)32(17,28)29)30-8-9-31-20(27)13-6-4-12(5-7-13)19(25)26/h4-7,11,16-17H,8-10H2,1-3H3,(H,25,26)/t16-,17?/m1/s1. The monoisotopic (exact) mass is 465 g/mol. The van der Waals surface area contributed by atoms with Gasteiger partial charge in [0.15, 0.2) is 20.9 Å². The number of ketones is 1. The quantitative estimate of drug-likeness (QED) is 0.358. The van der Waals surface area contributed by atoms with Crippen LogP contribution in [0, 0.1) is 5.41 Å². The van der Waals surface area contributed by atoms with E-state index in [-0.39, 0.29) is 36.5 Å². The lowest BCUT2D eigenvalue weighted by molar-refractivity contribution is -0.139. The highest BCUT2D eigenvalue weighted by Gasteiger charge is 2.56. The lowest BCUT2D eigenvalue weighted by Crippen LogP contribution is -2.61. The van der Waals surface area contributed by atoms with Crippen molar-refractivity contribution in [2.45, 2.75) is 37.8 Å². The van der Waals surface area contributed by atoms with Crippen LogP contribution in [0.15, 0.2) is 36.2 Å². The molecule has 172 valence electrons. The molecular weight excluding hydrogens is 442 g/mol. The number of carboxylic acid groups (broad SMARTS) is 1. The summed E-state index contributed by atoms with van der Waals surface area (Å²) in [4.78, 5) is 48.6. The number of nitrogens with zero attached hydrogens (tertiary/aromatic N) is 1. The molecule has 32 heavy (non-hydrogen) atoms. The Hall–Kier alpha value is -3.21. The molecular formula is C21H23NO9S. The summed E-state index contributed by atoms with van der Waals surface area (Å²) >= 11 is 0. The van der Waals surface area contributed by atoms with Crippen LogP contribution in [-0.4, -0.2) is 65.9 Å². The maximum atomic E-state index is 13.0. The number of hydrogen-bond donors (Lipinski definition) is 1. The number of hydrogen-bond acceptors (Lipinski definition) is 8. The van der Waals surface area contributed by atoms with Gasteiger partial charge in [0.1, 0.15) is 24.3 Å². The van der Waals surface area contributed by atoms with Gasteiger partial charge < -0.3 is 14.6 Å². The summed E-state index contributed by atoms with van der Waals surface area (Å²) in [7, 11) is -4.03. The van der Waals surface area contributed by atoms with Crippen LogP contribution in [-0.2, 0) is 28.9 Å². The second-order valence-electron chi connectivity index (χ2n) is 8.44. The highest BCUT2D eigenvalue weighted by Crippen LogP contribution is 2.38. The van der Waals surface area contributed by atoms with Crippen LogP contribution in [0.25, 0.3) is 0 Å². The molecule has 1 aromatic carbocycles. The van der Waals surface area contributed by atoms with E-state index in [1.807, 2.05) is 0 Å². The van der Waals surface area contributed by atoms with Gasteiger partial charge in [-0.3, -0.25) is 14.5 Å². The molecule has 0 aliphatic carbocycles. The van der Waals surface area contributed by atoms with Gasteiger partial charge in [-0.1, -0.05) is 20.8 Å². The highest BCUT2D eigenvalue weighted by molar-refractivity contribution is 7.93. The molecule has 1 fully saturated rings. The van der Waals surface area contributed by atoms with E-state index in [0.717, 1.165) is 4.90 Å². The summed E-state index contributed by atoms with van der Waals surface area (Å²) in [5.74, 6) is -2.99. The van der Waals surface area contributed by atoms with E-state index < -0.39 is 49.5 Å². The number of carbonyl (C=O) groups excluding carboxylic acids is 3. The van der Waals surface area contributed by atoms with Crippen LogP contribution in [0.5, 0.6) is 0 Å². The van der Waals surface area contributed by atoms with Crippen LogP contribution in [0.1, 0.15) is 47.9 Å². The number of carbonyl (C=O) groups is 4. The number of esters is 1. The highest BCUT2D eigenvalue weighted by atomic mass is 32.2. The van der Waals surface area contributed by atoms with Gasteiger partial charge in [-0.15, -0.1) is 0 Å². The van der Waals surface area contributed by atoms with E-state index >= 15 is 0 Å². The Morgan fingerprint density at radius 2 is 1.69 bits per heavy atom. The first-order valence-electron chi connectivity index (χ1n) is 9.77. The first kappa shape index (κ1) is 23.5. The molecule has 2 atom stereocenters. The van der Waals surface area contributed by atoms with E-state index in [1.165, 1.54) is 30.5 Å². The third-order valence-corrected chi connectivity index (χ3v) is 7.37. The molecule has 0 aromatic heterocycles. The van der Waals surface area contributed by atoms with Gasteiger partial charge in [-0.25, -0.2) is 18.0 Å². The van der Waals surface area contributed by atoms with Crippen molar-refractivity contribution < 1.29 is 42.2 Å². The Balaban J connectivity index is 1.68. The predicted octanol–water partition coefficient (Wildman–Crippen LogP) is 1.37. The molecule has 0 bridgehead atoms. The maximum Gasteiger partial charge on any atom is 0.338 e. The third-order valence-electron chi connectivity index (χ3n) is 5.11. The minimum absolute atomic E-state index is 0.0173. The minimum Gasteiger partial charge on any atom is -0.491 e. The van der Waals surface area contributed by atoms with Crippen molar-refractivity contribution in [1.82, 2.24) is 4.90 Å². The van der Waals surface area contributed by atoms with Crippen LogP contribution in [0.4, 0.5) is 0 Å². The summed E-state index contributed by atoms with van der Waals surface area (Å²) in [6.45, 7) is 4.28. The van der Waals surface area contributed by atoms with Crippen LogP contribution < -0.4 is 0 Å². The molecule has 1 saturated heterocycles. The Labute approximate surface area is 184 Å². The van der Waals surface area contributed by atoms with Gasteiger partial charge in [0.05, 0.1) is 17.5 Å². The van der Waals surface area contributed by atoms with Crippen molar-refractivity contribution in [3.63, 3.8) is 0 Å². The summed E-state index contributed by atoms with van der Waals surface area (Å²) in [5, 5.41) is 6.26. The topological polar surface area (TPSA) is 144 Å². The van der Waals surface area contributed by atoms with E-state index in [9.17, 15) is 27.6 Å². The number of sulfone groups is 1. The fourth-order valence-corrected chi connectivity index (χ4v) is 5.55. The number of ether oxygens (including phenoxy) is 2. The number of aromatic carboxylic acids is 1. The van der Waals surface area contributed by atoms with Gasteiger partial charge >= 0.3 is 11.9 Å². The van der Waals surface area contributed by atoms with Gasteiger partial charge in [0, 0.05) is 11.6 Å². The zero-order chi connectivity index (χ0) is 23.8. The van der Waals surface area contributed by atoms with E-state index in [4.69, 9.17) is 14.6 Å². The SMILES string of the molecule is CC(C)(C)C(=O)C1C(OCCOC(=O)c2ccc(C(=O)O)cc2)=CN2C(=O)C[C@H]2S1(=O)=O. The lowest BCUT2D eigenvalue weighted by Gasteiger charge is -2.43. The third kappa shape index (κ3) is 4.38. The molecule has 1 amide bonds. The van der Waals surface area contributed by atoms with Crippen molar-refractivity contribution in [3.05, 3.63) is 47.4 Å². The Bertz CT molecular complexity index is 1100. The van der Waals surface area contributed by atoms with Crippen LogP contribution in [0.3, 0.4) is 0 Å². The number of β-lactam (4-membered cyclic amide) rings is 1. The van der Waals surface area contributed by atoms with E-state index in [2.05, 4.69) is 0 Å². The zero-order valence-electron chi connectivity index (χ0n) is 17.7. The van der Waals surface area contributed by atoms with Crippen molar-refractivity contribution in [2.75, 3.05) is 13.2 Å². The second kappa shape index (κ2) is 8.38. The Morgan fingerprint density at radius 3 is 2.22 bits per heavy atom. The van der Waals surface area contributed by atoms with Gasteiger partial charge in [-0.05, 0) is 24.3 Å². The van der Waals surface area contributed by atoms with E-state index in [0.29, 0.717) is 0 Å². The Morgan fingerprint density at radius 1 is 1.09 bits per heavy atom. The summed E-state index contributed by atoms with van der Waals surface area (Å²) in [6, 6.07) is 5.12. The van der Waals surface area contributed by atoms with E-state index in [1.54, 1.807) is 20.8 Å². The molecule has 0 spiro atoms. The molecule has 10 nitrogen and oxygen atoms in total. The summed E-state index contributed by atoms with van der Waals surface area (Å²) in [5.41, 5.74) is -0.821. The molecule has 2 heterocycles. The molecule has 11 heteroatoms. The molecule has 2 aliphatic rings. The van der Waals surface area contributed by atoms with Gasteiger partial charge in [0.25, 0.3) is 0 Å². The number of rotatable bonds is 7. The first-order valence-corrected chi connectivity index (χ1v) is 11.4. The molecule has 1 aromatic rings. The number of Topliss-reactive ketones (excluding diaryl/α,β-unsaturated/α-hetero) is 1. The largest absolute Gasteiger partial charge is 0.491 e. The smallest absolute Gasteiger partial charge is 0.338 e. The van der Waals surface area contributed by atoms with Crippen molar-refractivity contribution in [3.8, 4) is 0 Å². The zero-order valence-corrected chi connectivity index (χ0v) is 18.5. The van der Waals surface area contributed by atoms with Gasteiger partial charge in [-0.2, -0.15) is 0 Å². The predicted molar refractivity (Wildman–Crippen MR) is 110 cm³/mol. The lowest BCUT2D eigenvalue weighted by atomic mass is 9.88. The molecule has 3 rings (SSSR count). The molecule has 1 N–H and O–H groups in total. The second-order valence-corrected chi connectivity index (χ2v) is 10.6. The van der Waals surface area contributed by atoms with Crippen molar-refractivity contribution in [2.24, 2.45) is 5.41 Å². The normalized spacial score (nSPS) is 21.7. The number of benzene rings is 1. The first-order chi connectivity index (χ1) is 14.8.